The third-order valence-electron chi connectivity index (χ3n) is 3.27. The van der Waals surface area contributed by atoms with Gasteiger partial charge in [0.05, 0.1) is 5.52 Å². The van der Waals surface area contributed by atoms with Crippen molar-refractivity contribution in [1.82, 2.24) is 4.98 Å². The standard InChI is InChI=1S/C15H17N/c1-5-7-13-10(2)11(3)14-8-6-9-16-15(14)12(13)4/h5-9H,1-4H3/b7-5+. The first-order valence-electron chi connectivity index (χ1n) is 5.64. The molecule has 2 aromatic rings. The fraction of sp³-hybridized carbons (Fsp3) is 0.267. The van der Waals surface area contributed by atoms with E-state index in [4.69, 9.17) is 0 Å². The van der Waals surface area contributed by atoms with Crippen molar-refractivity contribution in [2.24, 2.45) is 0 Å². The molecule has 1 aromatic carbocycles. The summed E-state index contributed by atoms with van der Waals surface area (Å²) in [6.07, 6.45) is 6.12. The van der Waals surface area contributed by atoms with E-state index in [9.17, 15) is 0 Å². The highest BCUT2D eigenvalue weighted by molar-refractivity contribution is 5.89. The van der Waals surface area contributed by atoms with Crippen LogP contribution >= 0.6 is 0 Å². The monoisotopic (exact) mass is 211 g/mol. The molecule has 1 aromatic heterocycles. The summed E-state index contributed by atoms with van der Waals surface area (Å²) in [4.78, 5) is 4.49. The Bertz CT molecular complexity index is 565. The summed E-state index contributed by atoms with van der Waals surface area (Å²) in [7, 11) is 0. The van der Waals surface area contributed by atoms with E-state index in [1.807, 2.05) is 12.3 Å². The van der Waals surface area contributed by atoms with Gasteiger partial charge in [0.25, 0.3) is 0 Å². The summed E-state index contributed by atoms with van der Waals surface area (Å²) in [5, 5.41) is 1.27. The van der Waals surface area contributed by atoms with Crippen LogP contribution in [0.2, 0.25) is 0 Å². The number of hydrogen-bond acceptors (Lipinski definition) is 1. The third-order valence-corrected chi connectivity index (χ3v) is 3.27. The van der Waals surface area contributed by atoms with Crippen LogP contribution in [0.15, 0.2) is 24.4 Å². The summed E-state index contributed by atoms with van der Waals surface area (Å²) >= 11 is 0. The second kappa shape index (κ2) is 4.09. The molecular weight excluding hydrogens is 194 g/mol. The Morgan fingerprint density at radius 2 is 1.81 bits per heavy atom. The molecule has 0 unspecified atom stereocenters. The van der Waals surface area contributed by atoms with E-state index in [-0.39, 0.29) is 0 Å². The molecule has 0 saturated carbocycles. The number of aryl methyl sites for hydroxylation is 2. The summed E-state index contributed by atoms with van der Waals surface area (Å²) < 4.78 is 0. The quantitative estimate of drug-likeness (QED) is 0.689. The Morgan fingerprint density at radius 3 is 2.50 bits per heavy atom. The van der Waals surface area contributed by atoms with E-state index in [0.717, 1.165) is 5.52 Å². The van der Waals surface area contributed by atoms with Gasteiger partial charge in [0, 0.05) is 11.6 Å². The summed E-state index contributed by atoms with van der Waals surface area (Å²) in [5.74, 6) is 0. The van der Waals surface area contributed by atoms with E-state index >= 15 is 0 Å². The number of fused-ring (bicyclic) bond motifs is 1. The van der Waals surface area contributed by atoms with Crippen molar-refractivity contribution in [1.29, 1.82) is 0 Å². The van der Waals surface area contributed by atoms with Gasteiger partial charge in [-0.3, -0.25) is 4.98 Å². The van der Waals surface area contributed by atoms with Crippen LogP contribution in [-0.2, 0) is 0 Å². The summed E-state index contributed by atoms with van der Waals surface area (Å²) in [5.41, 5.74) is 6.40. The molecule has 0 atom stereocenters. The SMILES string of the molecule is C/C=C/c1c(C)c(C)c2cccnc2c1C. The van der Waals surface area contributed by atoms with E-state index in [1.165, 1.54) is 27.6 Å². The van der Waals surface area contributed by atoms with Crippen LogP contribution in [0, 0.1) is 20.8 Å². The highest BCUT2D eigenvalue weighted by atomic mass is 14.6. The van der Waals surface area contributed by atoms with Crippen LogP contribution in [0.1, 0.15) is 29.2 Å². The number of pyridine rings is 1. The fourth-order valence-corrected chi connectivity index (χ4v) is 2.24. The predicted molar refractivity (Wildman–Crippen MR) is 70.7 cm³/mol. The van der Waals surface area contributed by atoms with Gasteiger partial charge < -0.3 is 0 Å². The van der Waals surface area contributed by atoms with Crippen LogP contribution in [0.25, 0.3) is 17.0 Å². The van der Waals surface area contributed by atoms with Crippen LogP contribution in [0.4, 0.5) is 0 Å². The minimum Gasteiger partial charge on any atom is -0.256 e. The molecule has 1 heterocycles. The fourth-order valence-electron chi connectivity index (χ4n) is 2.24. The van der Waals surface area contributed by atoms with Crippen molar-refractivity contribution in [2.75, 3.05) is 0 Å². The molecule has 1 nitrogen and oxygen atoms in total. The van der Waals surface area contributed by atoms with Gasteiger partial charge in [0.15, 0.2) is 0 Å². The maximum Gasteiger partial charge on any atom is 0.0739 e. The highest BCUT2D eigenvalue weighted by Crippen LogP contribution is 2.28. The maximum absolute atomic E-state index is 4.49. The van der Waals surface area contributed by atoms with Gasteiger partial charge in [-0.05, 0) is 56.0 Å². The van der Waals surface area contributed by atoms with Crippen LogP contribution in [0.5, 0.6) is 0 Å². The molecule has 0 aliphatic heterocycles. The number of rotatable bonds is 1. The first kappa shape index (κ1) is 10.9. The molecule has 0 fully saturated rings. The zero-order valence-electron chi connectivity index (χ0n) is 10.3. The topological polar surface area (TPSA) is 12.9 Å². The molecule has 82 valence electrons. The minimum atomic E-state index is 1.12. The first-order valence-corrected chi connectivity index (χ1v) is 5.64. The molecule has 0 bridgehead atoms. The van der Waals surface area contributed by atoms with Gasteiger partial charge in [0.1, 0.15) is 0 Å². The van der Waals surface area contributed by atoms with Crippen molar-refractivity contribution < 1.29 is 0 Å². The van der Waals surface area contributed by atoms with Gasteiger partial charge in [-0.15, -0.1) is 0 Å². The lowest BCUT2D eigenvalue weighted by atomic mass is 9.93. The Hall–Kier alpha value is -1.63. The molecule has 0 spiro atoms. The van der Waals surface area contributed by atoms with E-state index < -0.39 is 0 Å². The number of nitrogens with zero attached hydrogens (tertiary/aromatic N) is 1. The zero-order chi connectivity index (χ0) is 11.7. The minimum absolute atomic E-state index is 1.12. The van der Waals surface area contributed by atoms with Crippen molar-refractivity contribution in [2.45, 2.75) is 27.7 Å². The van der Waals surface area contributed by atoms with Crippen molar-refractivity contribution >= 4 is 17.0 Å². The molecule has 0 amide bonds. The molecule has 2 rings (SSSR count). The maximum atomic E-state index is 4.49. The van der Waals surface area contributed by atoms with Crippen LogP contribution < -0.4 is 0 Å². The second-order valence-electron chi connectivity index (χ2n) is 4.19. The summed E-state index contributed by atoms with van der Waals surface area (Å²) in [6, 6.07) is 4.15. The van der Waals surface area contributed by atoms with Gasteiger partial charge >= 0.3 is 0 Å². The van der Waals surface area contributed by atoms with E-state index in [0.29, 0.717) is 0 Å². The molecule has 0 radical (unpaired) electrons. The number of benzene rings is 1. The van der Waals surface area contributed by atoms with Crippen LogP contribution in [-0.4, -0.2) is 4.98 Å². The van der Waals surface area contributed by atoms with Gasteiger partial charge in [-0.1, -0.05) is 18.2 Å². The van der Waals surface area contributed by atoms with Crippen molar-refractivity contribution in [3.63, 3.8) is 0 Å². The predicted octanol–water partition coefficient (Wildman–Crippen LogP) is 4.19. The average molecular weight is 211 g/mol. The third kappa shape index (κ3) is 1.53. The molecule has 16 heavy (non-hydrogen) atoms. The van der Waals surface area contributed by atoms with Crippen molar-refractivity contribution in [3.8, 4) is 0 Å². The largest absolute Gasteiger partial charge is 0.256 e. The van der Waals surface area contributed by atoms with Crippen LogP contribution in [0.3, 0.4) is 0 Å². The molecule has 0 aliphatic rings. The lowest BCUT2D eigenvalue weighted by Crippen LogP contribution is -1.95. The molecule has 0 aliphatic carbocycles. The first-order chi connectivity index (χ1) is 7.66. The van der Waals surface area contributed by atoms with Gasteiger partial charge in [0.2, 0.25) is 0 Å². The number of aromatic nitrogens is 1. The lowest BCUT2D eigenvalue weighted by molar-refractivity contribution is 1.28. The summed E-state index contributed by atoms with van der Waals surface area (Å²) in [6.45, 7) is 8.56. The normalized spacial score (nSPS) is 11.5. The smallest absolute Gasteiger partial charge is 0.0739 e. The molecule has 1 heteroatoms. The number of hydrogen-bond donors (Lipinski definition) is 0. The van der Waals surface area contributed by atoms with E-state index in [1.54, 1.807) is 0 Å². The lowest BCUT2D eigenvalue weighted by Gasteiger charge is -2.13. The molecule has 0 saturated heterocycles. The Morgan fingerprint density at radius 1 is 1.06 bits per heavy atom. The molecular formula is C15H17N. The van der Waals surface area contributed by atoms with Crippen molar-refractivity contribution in [3.05, 3.63) is 46.7 Å². The Kier molecular flexibility index (Phi) is 2.78. The van der Waals surface area contributed by atoms with Gasteiger partial charge in [-0.25, -0.2) is 0 Å². The Balaban J connectivity index is 2.94. The van der Waals surface area contributed by atoms with E-state index in [2.05, 4.69) is 50.9 Å². The highest BCUT2D eigenvalue weighted by Gasteiger charge is 2.09. The number of allylic oxidation sites excluding steroid dienone is 1. The molecule has 0 N–H and O–H groups in total. The second-order valence-corrected chi connectivity index (χ2v) is 4.19. The van der Waals surface area contributed by atoms with Gasteiger partial charge in [-0.2, -0.15) is 0 Å². The zero-order valence-corrected chi connectivity index (χ0v) is 10.3. The average Bonchev–Trinajstić information content (AvgIpc) is 2.32. The Labute approximate surface area is 96.8 Å².